The van der Waals surface area contributed by atoms with Crippen LogP contribution in [-0.4, -0.2) is 24.1 Å². The van der Waals surface area contributed by atoms with Gasteiger partial charge in [0.1, 0.15) is 5.75 Å². The summed E-state index contributed by atoms with van der Waals surface area (Å²) in [4.78, 5) is 25.4. The zero-order chi connectivity index (χ0) is 23.0. The minimum atomic E-state index is -1.25. The summed E-state index contributed by atoms with van der Waals surface area (Å²) in [7, 11) is 0. The first-order chi connectivity index (χ1) is 16.1. The van der Waals surface area contributed by atoms with Crippen LogP contribution in [0.5, 0.6) is 5.75 Å². The van der Waals surface area contributed by atoms with E-state index in [-0.39, 0.29) is 6.29 Å². The summed E-state index contributed by atoms with van der Waals surface area (Å²) < 4.78 is 17.3. The molecular weight excluding hydrogens is 440 g/mol. The van der Waals surface area contributed by atoms with Gasteiger partial charge in [0, 0.05) is 6.42 Å². The molecule has 0 saturated carbocycles. The van der Waals surface area contributed by atoms with Gasteiger partial charge in [-0.1, -0.05) is 72.8 Å². The molecule has 5 nitrogen and oxygen atoms in total. The topological polar surface area (TPSA) is 61.8 Å². The van der Waals surface area contributed by atoms with Crippen LogP contribution >= 0.6 is 11.6 Å². The van der Waals surface area contributed by atoms with E-state index in [1.54, 1.807) is 24.3 Å². The number of halogens is 1. The van der Waals surface area contributed by atoms with E-state index < -0.39 is 23.2 Å². The molecule has 0 N–H and O–H groups in total. The van der Waals surface area contributed by atoms with E-state index in [1.165, 1.54) is 0 Å². The Hall–Kier alpha value is -3.15. The summed E-state index contributed by atoms with van der Waals surface area (Å²) in [5, 5.41) is -0.802. The summed E-state index contributed by atoms with van der Waals surface area (Å²) in [5.41, 5.74) is 2.04. The second kappa shape index (κ2) is 11.1. The Morgan fingerprint density at radius 2 is 1.42 bits per heavy atom. The minimum Gasteiger partial charge on any atom is -0.465 e. The van der Waals surface area contributed by atoms with Crippen LogP contribution in [0.2, 0.25) is 0 Å². The molecular formula is C27H25ClO5. The monoisotopic (exact) mass is 464 g/mol. The molecule has 3 aromatic carbocycles. The molecule has 1 saturated heterocycles. The molecule has 6 heteroatoms. The van der Waals surface area contributed by atoms with Gasteiger partial charge in [0.25, 0.3) is 0 Å². The lowest BCUT2D eigenvalue weighted by Gasteiger charge is -2.24. The average molecular weight is 465 g/mol. The normalized spacial score (nSPS) is 16.7. The maximum atomic E-state index is 13.2. The number of ether oxygens (including phenoxy) is 3. The SMILES string of the molecule is O=C(Cl)C(C(=O)OC(c1ccccc1)c1ccccc1)c1ccc(OC2CCCCO2)cc1. The van der Waals surface area contributed by atoms with Gasteiger partial charge in [0.15, 0.2) is 18.3 Å². The van der Waals surface area contributed by atoms with Gasteiger partial charge in [0.2, 0.25) is 5.24 Å². The van der Waals surface area contributed by atoms with E-state index in [9.17, 15) is 9.59 Å². The smallest absolute Gasteiger partial charge is 0.323 e. The highest BCUT2D eigenvalue weighted by atomic mass is 35.5. The predicted octanol–water partition coefficient (Wildman–Crippen LogP) is 5.77. The molecule has 3 aromatic rings. The van der Waals surface area contributed by atoms with Gasteiger partial charge in [-0.3, -0.25) is 9.59 Å². The Kier molecular flexibility index (Phi) is 7.76. The molecule has 0 aromatic heterocycles. The minimum absolute atomic E-state index is 0.280. The highest BCUT2D eigenvalue weighted by Crippen LogP contribution is 2.31. The number of hydrogen-bond donors (Lipinski definition) is 0. The van der Waals surface area contributed by atoms with Crippen molar-refractivity contribution >= 4 is 22.8 Å². The van der Waals surface area contributed by atoms with Gasteiger partial charge in [-0.15, -0.1) is 0 Å². The van der Waals surface area contributed by atoms with Crippen molar-refractivity contribution in [2.24, 2.45) is 0 Å². The molecule has 170 valence electrons. The van der Waals surface area contributed by atoms with Crippen molar-refractivity contribution < 1.29 is 23.8 Å². The fourth-order valence-electron chi connectivity index (χ4n) is 3.82. The fourth-order valence-corrected chi connectivity index (χ4v) is 4.04. The van der Waals surface area contributed by atoms with E-state index in [0.29, 0.717) is 17.9 Å². The second-order valence-electron chi connectivity index (χ2n) is 7.86. The van der Waals surface area contributed by atoms with Gasteiger partial charge in [-0.2, -0.15) is 0 Å². The number of hydrogen-bond acceptors (Lipinski definition) is 5. The highest BCUT2D eigenvalue weighted by molar-refractivity contribution is 6.66. The predicted molar refractivity (Wildman–Crippen MR) is 125 cm³/mol. The molecule has 0 spiro atoms. The van der Waals surface area contributed by atoms with E-state index in [2.05, 4.69) is 0 Å². The van der Waals surface area contributed by atoms with E-state index in [1.807, 2.05) is 60.7 Å². The third kappa shape index (κ3) is 6.01. The summed E-state index contributed by atoms with van der Waals surface area (Å²) in [6.07, 6.45) is 1.98. The van der Waals surface area contributed by atoms with Gasteiger partial charge in [-0.25, -0.2) is 0 Å². The molecule has 0 amide bonds. The molecule has 2 atom stereocenters. The summed E-state index contributed by atoms with van der Waals surface area (Å²) >= 11 is 5.85. The third-order valence-electron chi connectivity index (χ3n) is 5.52. The molecule has 33 heavy (non-hydrogen) atoms. The maximum absolute atomic E-state index is 13.2. The van der Waals surface area contributed by atoms with Gasteiger partial charge >= 0.3 is 5.97 Å². The zero-order valence-electron chi connectivity index (χ0n) is 18.1. The van der Waals surface area contributed by atoms with Crippen LogP contribution in [0.15, 0.2) is 84.9 Å². The molecule has 0 bridgehead atoms. The van der Waals surface area contributed by atoms with Crippen molar-refractivity contribution in [2.45, 2.75) is 37.6 Å². The molecule has 2 unspecified atom stereocenters. The van der Waals surface area contributed by atoms with Gasteiger partial charge < -0.3 is 14.2 Å². The lowest BCUT2D eigenvalue weighted by Crippen LogP contribution is -2.25. The Morgan fingerprint density at radius 1 is 0.818 bits per heavy atom. The molecule has 1 fully saturated rings. The van der Waals surface area contributed by atoms with Crippen molar-refractivity contribution in [1.82, 2.24) is 0 Å². The first kappa shape index (κ1) is 23.0. The average Bonchev–Trinajstić information content (AvgIpc) is 2.85. The zero-order valence-corrected chi connectivity index (χ0v) is 18.8. The highest BCUT2D eigenvalue weighted by Gasteiger charge is 2.32. The summed E-state index contributed by atoms with van der Waals surface area (Å²) in [6, 6.07) is 25.5. The number of rotatable bonds is 8. The van der Waals surface area contributed by atoms with Crippen LogP contribution < -0.4 is 4.74 Å². The maximum Gasteiger partial charge on any atom is 0.323 e. The standard InChI is InChI=1S/C27H25ClO5/c28-26(29)24(19-14-16-22(17-15-19)32-23-13-7-8-18-31-23)27(30)33-25(20-9-3-1-4-10-20)21-11-5-2-6-12-21/h1-6,9-12,14-17,23-25H,7-8,13,18H2. The van der Waals surface area contributed by atoms with Crippen LogP contribution in [-0.2, 0) is 19.1 Å². The van der Waals surface area contributed by atoms with E-state index in [4.69, 9.17) is 25.8 Å². The van der Waals surface area contributed by atoms with Crippen molar-refractivity contribution in [3.05, 3.63) is 102 Å². The Labute approximate surface area is 198 Å². The van der Waals surface area contributed by atoms with E-state index in [0.717, 1.165) is 30.4 Å². The van der Waals surface area contributed by atoms with Crippen molar-refractivity contribution in [3.8, 4) is 5.75 Å². The molecule has 1 aliphatic heterocycles. The first-order valence-electron chi connectivity index (χ1n) is 11.0. The molecule has 0 aliphatic carbocycles. The van der Waals surface area contributed by atoms with Gasteiger partial charge in [0.05, 0.1) is 6.61 Å². The van der Waals surface area contributed by atoms with Crippen LogP contribution in [0.25, 0.3) is 0 Å². The Balaban J connectivity index is 1.53. The molecule has 0 radical (unpaired) electrons. The van der Waals surface area contributed by atoms with Crippen molar-refractivity contribution in [2.75, 3.05) is 6.61 Å². The van der Waals surface area contributed by atoms with Crippen LogP contribution in [0.1, 0.15) is 48.0 Å². The Morgan fingerprint density at radius 3 is 1.94 bits per heavy atom. The fraction of sp³-hybridized carbons (Fsp3) is 0.259. The van der Waals surface area contributed by atoms with Gasteiger partial charge in [-0.05, 0) is 53.3 Å². The Bertz CT molecular complexity index is 1010. The number of carbonyl (C=O) groups is 2. The lowest BCUT2D eigenvalue weighted by atomic mass is 9.98. The summed E-state index contributed by atoms with van der Waals surface area (Å²) in [6.45, 7) is 0.682. The number of carbonyl (C=O) groups excluding carboxylic acids is 2. The van der Waals surface area contributed by atoms with Crippen molar-refractivity contribution in [3.63, 3.8) is 0 Å². The molecule has 1 aliphatic rings. The largest absolute Gasteiger partial charge is 0.465 e. The number of benzene rings is 3. The summed E-state index contributed by atoms with van der Waals surface area (Å²) in [5.74, 6) is -1.36. The number of esters is 1. The third-order valence-corrected chi connectivity index (χ3v) is 5.74. The molecule has 4 rings (SSSR count). The lowest BCUT2D eigenvalue weighted by molar-refractivity contribution is -0.150. The van der Waals surface area contributed by atoms with Crippen LogP contribution in [0.3, 0.4) is 0 Å². The van der Waals surface area contributed by atoms with Crippen molar-refractivity contribution in [1.29, 1.82) is 0 Å². The van der Waals surface area contributed by atoms with E-state index >= 15 is 0 Å². The quantitative estimate of drug-likeness (QED) is 0.240. The first-order valence-corrected chi connectivity index (χ1v) is 11.4. The molecule has 1 heterocycles. The van der Waals surface area contributed by atoms with Crippen LogP contribution in [0, 0.1) is 0 Å². The second-order valence-corrected chi connectivity index (χ2v) is 8.23. The van der Waals surface area contributed by atoms with Crippen LogP contribution in [0.4, 0.5) is 0 Å².